The summed E-state index contributed by atoms with van der Waals surface area (Å²) in [5.41, 5.74) is 0.571. The summed E-state index contributed by atoms with van der Waals surface area (Å²) in [6.45, 7) is 3.36. The maximum absolute atomic E-state index is 8.96. The average molecular weight is 193 g/mol. The fraction of sp³-hybridized carbons (Fsp3) is 0.800. The molecule has 1 atom stereocenters. The van der Waals surface area contributed by atoms with E-state index < -0.39 is 0 Å². The van der Waals surface area contributed by atoms with E-state index in [0.29, 0.717) is 17.5 Å². The van der Waals surface area contributed by atoms with Crippen LogP contribution in [0.3, 0.4) is 0 Å². The van der Waals surface area contributed by atoms with Crippen LogP contribution in [0.15, 0.2) is 5.16 Å². The van der Waals surface area contributed by atoms with Gasteiger partial charge in [-0.3, -0.25) is 0 Å². The highest BCUT2D eigenvalue weighted by Crippen LogP contribution is 2.33. The van der Waals surface area contributed by atoms with Crippen molar-refractivity contribution in [3.8, 4) is 6.07 Å². The van der Waals surface area contributed by atoms with Crippen LogP contribution in [0.2, 0.25) is 0 Å². The number of piperidine rings is 3. The van der Waals surface area contributed by atoms with Crippen LogP contribution >= 0.6 is 0 Å². The fourth-order valence-electron chi connectivity index (χ4n) is 2.54. The van der Waals surface area contributed by atoms with E-state index in [1.807, 2.05) is 0 Å². The van der Waals surface area contributed by atoms with Gasteiger partial charge in [-0.05, 0) is 31.8 Å². The Morgan fingerprint density at radius 3 is 2.64 bits per heavy atom. The Kier molecular flexibility index (Phi) is 2.69. The molecule has 0 aromatic rings. The Balaban J connectivity index is 2.11. The van der Waals surface area contributed by atoms with Crippen molar-refractivity contribution in [3.05, 3.63) is 0 Å². The van der Waals surface area contributed by atoms with Crippen LogP contribution in [-0.4, -0.2) is 37.4 Å². The first-order valence-electron chi connectivity index (χ1n) is 5.08. The molecule has 0 aromatic heterocycles. The van der Waals surface area contributed by atoms with E-state index in [2.05, 4.69) is 16.1 Å². The van der Waals surface area contributed by atoms with Gasteiger partial charge in [-0.1, -0.05) is 5.16 Å². The third kappa shape index (κ3) is 1.60. The minimum atomic E-state index is 0.308. The smallest absolute Gasteiger partial charge is 0.161 e. The van der Waals surface area contributed by atoms with E-state index in [9.17, 15) is 0 Å². The fourth-order valence-corrected chi connectivity index (χ4v) is 2.54. The van der Waals surface area contributed by atoms with Gasteiger partial charge in [-0.25, -0.2) is 0 Å². The van der Waals surface area contributed by atoms with Crippen molar-refractivity contribution in [2.75, 3.05) is 26.7 Å². The number of fused-ring (bicyclic) bond motifs is 3. The molecule has 4 nitrogen and oxygen atoms in total. The second-order valence-corrected chi connectivity index (χ2v) is 4.02. The summed E-state index contributed by atoms with van der Waals surface area (Å²) in [4.78, 5) is 7.11. The molecule has 2 bridgehead atoms. The lowest BCUT2D eigenvalue weighted by Gasteiger charge is -2.43. The molecular formula is C10H15N3O. The summed E-state index contributed by atoms with van der Waals surface area (Å²) in [6, 6.07) is 2.16. The normalized spacial score (nSPS) is 36.6. The van der Waals surface area contributed by atoms with Gasteiger partial charge >= 0.3 is 0 Å². The molecule has 0 amide bonds. The Labute approximate surface area is 84.1 Å². The summed E-state index contributed by atoms with van der Waals surface area (Å²) in [5.74, 6) is 0.955. The lowest BCUT2D eigenvalue weighted by Crippen LogP contribution is -2.49. The van der Waals surface area contributed by atoms with Gasteiger partial charge in [0.25, 0.3) is 0 Å². The monoisotopic (exact) mass is 193 g/mol. The van der Waals surface area contributed by atoms with E-state index in [4.69, 9.17) is 10.1 Å². The number of hydrogen-bond acceptors (Lipinski definition) is 4. The molecular weight excluding hydrogens is 178 g/mol. The van der Waals surface area contributed by atoms with E-state index in [1.54, 1.807) is 0 Å². The summed E-state index contributed by atoms with van der Waals surface area (Å²) in [6.07, 6.45) is 2.41. The molecule has 3 aliphatic heterocycles. The van der Waals surface area contributed by atoms with Crippen molar-refractivity contribution in [3.63, 3.8) is 0 Å². The Morgan fingerprint density at radius 1 is 1.50 bits per heavy atom. The molecule has 76 valence electrons. The zero-order chi connectivity index (χ0) is 9.97. The van der Waals surface area contributed by atoms with Crippen molar-refractivity contribution in [2.24, 2.45) is 17.0 Å². The molecule has 3 saturated heterocycles. The van der Waals surface area contributed by atoms with Crippen molar-refractivity contribution in [2.45, 2.75) is 12.8 Å². The zero-order valence-corrected chi connectivity index (χ0v) is 8.44. The Bertz CT molecular complexity index is 274. The second-order valence-electron chi connectivity index (χ2n) is 4.02. The highest BCUT2D eigenvalue weighted by molar-refractivity contribution is 6.00. The molecule has 0 aliphatic carbocycles. The third-order valence-corrected chi connectivity index (χ3v) is 3.31. The molecule has 3 rings (SSSR count). The molecule has 0 saturated carbocycles. The average Bonchev–Trinajstić information content (AvgIpc) is 2.27. The topological polar surface area (TPSA) is 48.6 Å². The summed E-state index contributed by atoms with van der Waals surface area (Å²) < 4.78 is 0. The molecule has 0 N–H and O–H groups in total. The number of nitriles is 1. The lowest BCUT2D eigenvalue weighted by atomic mass is 9.77. The third-order valence-electron chi connectivity index (χ3n) is 3.31. The zero-order valence-electron chi connectivity index (χ0n) is 8.44. The van der Waals surface area contributed by atoms with Crippen LogP contribution in [0.25, 0.3) is 0 Å². The predicted octanol–water partition coefficient (Wildman–Crippen LogP) is 0.854. The molecule has 3 fully saturated rings. The maximum Gasteiger partial charge on any atom is 0.161 e. The van der Waals surface area contributed by atoms with Crippen LogP contribution in [0, 0.1) is 23.2 Å². The molecule has 3 heterocycles. The highest BCUT2D eigenvalue weighted by Gasteiger charge is 2.37. The van der Waals surface area contributed by atoms with Crippen LogP contribution < -0.4 is 0 Å². The SMILES string of the molecule is CO/N=C(/C#N)[C@H]1CN2CCC1CC2. The molecule has 0 spiro atoms. The number of rotatable bonds is 2. The first-order valence-corrected chi connectivity index (χ1v) is 5.08. The maximum atomic E-state index is 8.96. The number of nitrogens with zero attached hydrogens (tertiary/aromatic N) is 3. The molecule has 0 unspecified atom stereocenters. The predicted molar refractivity (Wildman–Crippen MR) is 52.7 cm³/mol. The van der Waals surface area contributed by atoms with Crippen molar-refractivity contribution < 1.29 is 4.84 Å². The lowest BCUT2D eigenvalue weighted by molar-refractivity contribution is 0.0800. The number of oxime groups is 1. The van der Waals surface area contributed by atoms with Gasteiger partial charge in [0.15, 0.2) is 5.71 Å². The second kappa shape index (κ2) is 3.97. The van der Waals surface area contributed by atoms with Gasteiger partial charge in [-0.15, -0.1) is 0 Å². The molecule has 3 aliphatic rings. The molecule has 4 heteroatoms. The van der Waals surface area contributed by atoms with Gasteiger partial charge < -0.3 is 9.74 Å². The van der Waals surface area contributed by atoms with Gasteiger partial charge in [0.05, 0.1) is 0 Å². The van der Waals surface area contributed by atoms with Gasteiger partial charge in [-0.2, -0.15) is 5.26 Å². The summed E-state index contributed by atoms with van der Waals surface area (Å²) in [5, 5.41) is 12.8. The largest absolute Gasteiger partial charge is 0.398 e. The van der Waals surface area contributed by atoms with Gasteiger partial charge in [0.1, 0.15) is 13.2 Å². The minimum absolute atomic E-state index is 0.308. The van der Waals surface area contributed by atoms with Gasteiger partial charge in [0.2, 0.25) is 0 Å². The van der Waals surface area contributed by atoms with E-state index in [-0.39, 0.29) is 0 Å². The van der Waals surface area contributed by atoms with Crippen LogP contribution in [0.5, 0.6) is 0 Å². The molecule has 14 heavy (non-hydrogen) atoms. The summed E-state index contributed by atoms with van der Waals surface area (Å²) >= 11 is 0. The summed E-state index contributed by atoms with van der Waals surface area (Å²) in [7, 11) is 1.50. The van der Waals surface area contributed by atoms with Crippen LogP contribution in [0.1, 0.15) is 12.8 Å². The van der Waals surface area contributed by atoms with Crippen molar-refractivity contribution in [1.82, 2.24) is 4.90 Å². The van der Waals surface area contributed by atoms with E-state index >= 15 is 0 Å². The van der Waals surface area contributed by atoms with Crippen molar-refractivity contribution in [1.29, 1.82) is 5.26 Å². The van der Waals surface area contributed by atoms with Crippen molar-refractivity contribution >= 4 is 5.71 Å². The van der Waals surface area contributed by atoms with Gasteiger partial charge in [0, 0.05) is 12.5 Å². The van der Waals surface area contributed by atoms with E-state index in [1.165, 1.54) is 33.0 Å². The Morgan fingerprint density at radius 2 is 2.21 bits per heavy atom. The molecule has 0 aromatic carbocycles. The Hall–Kier alpha value is -1.08. The quantitative estimate of drug-likeness (QED) is 0.482. The van der Waals surface area contributed by atoms with Crippen LogP contribution in [-0.2, 0) is 4.84 Å². The van der Waals surface area contributed by atoms with Crippen LogP contribution in [0.4, 0.5) is 0 Å². The number of hydrogen-bond donors (Lipinski definition) is 0. The minimum Gasteiger partial charge on any atom is -0.398 e. The standard InChI is InChI=1S/C10H15N3O/c1-14-12-10(6-11)9-7-13-4-2-8(9)3-5-13/h8-9H,2-5,7H2,1H3/b12-10-/t9-/m0/s1. The first-order chi connectivity index (χ1) is 6.85. The van der Waals surface area contributed by atoms with E-state index in [0.717, 1.165) is 6.54 Å². The first kappa shape index (κ1) is 9.47. The molecule has 0 radical (unpaired) electrons. The highest BCUT2D eigenvalue weighted by atomic mass is 16.6.